The van der Waals surface area contributed by atoms with E-state index in [0.29, 0.717) is 0 Å². The number of methoxy groups -OCH3 is 1. The number of nitrogens with one attached hydrogen (secondary N) is 1. The number of para-hydroxylation sites is 1. The van der Waals surface area contributed by atoms with Crippen molar-refractivity contribution in [3.05, 3.63) is 113 Å². The van der Waals surface area contributed by atoms with Crippen molar-refractivity contribution in [3.63, 3.8) is 0 Å². The minimum atomic E-state index is -0.793. The third-order valence-electron chi connectivity index (χ3n) is 7.62. The van der Waals surface area contributed by atoms with Gasteiger partial charge in [0.15, 0.2) is 5.60 Å². The molecule has 0 aromatic heterocycles. The molecule has 1 unspecified atom stereocenters. The van der Waals surface area contributed by atoms with Gasteiger partial charge >= 0.3 is 0 Å². The third-order valence-corrected chi connectivity index (χ3v) is 7.62. The molecule has 1 atom stereocenters. The summed E-state index contributed by atoms with van der Waals surface area (Å²) in [4.78, 5) is 2.44. The van der Waals surface area contributed by atoms with Crippen molar-refractivity contribution >= 4 is 17.1 Å². The maximum atomic E-state index is 6.65. The highest BCUT2D eigenvalue weighted by Crippen LogP contribution is 2.54. The lowest BCUT2D eigenvalue weighted by Crippen LogP contribution is -2.35. The highest BCUT2D eigenvalue weighted by molar-refractivity contribution is 5.72. The number of benzene rings is 4. The van der Waals surface area contributed by atoms with Crippen LogP contribution in [0.1, 0.15) is 40.7 Å². The Morgan fingerprint density at radius 3 is 2.22 bits per heavy atom. The minimum Gasteiger partial charge on any atom is -0.456 e. The van der Waals surface area contributed by atoms with Gasteiger partial charge in [-0.15, -0.1) is 0 Å². The number of nitrogens with zero attached hydrogens (tertiary/aromatic N) is 1. The summed E-state index contributed by atoms with van der Waals surface area (Å²) in [5, 5.41) is 3.60. The quantitative estimate of drug-likeness (QED) is 0.320. The van der Waals surface area contributed by atoms with E-state index >= 15 is 0 Å². The van der Waals surface area contributed by atoms with Crippen LogP contribution in [0, 0.1) is 13.8 Å². The van der Waals surface area contributed by atoms with Crippen LogP contribution in [0.4, 0.5) is 17.1 Å². The zero-order valence-corrected chi connectivity index (χ0v) is 21.2. The highest BCUT2D eigenvalue weighted by atomic mass is 16.5. The average Bonchev–Trinajstić information content (AvgIpc) is 3.44. The van der Waals surface area contributed by atoms with Crippen LogP contribution in [0.15, 0.2) is 84.9 Å². The first-order valence-corrected chi connectivity index (χ1v) is 12.8. The topological polar surface area (TPSA) is 33.7 Å². The standard InChI is InChI=1S/C32H32N2O2/c1-22-11-7-8-14-26(22)32(35-3)27-16-15-25(34-17-9-10-18-34)20-31(27)36-30-19-23(2)29(21-28(30)32)33-24-12-5-4-6-13-24/h4-8,11-16,19-21,33H,9-10,17-18H2,1-3H3. The van der Waals surface area contributed by atoms with Gasteiger partial charge in [-0.1, -0.05) is 42.5 Å². The number of hydrogen-bond acceptors (Lipinski definition) is 4. The van der Waals surface area contributed by atoms with Crippen LogP contribution in [0.3, 0.4) is 0 Å². The molecule has 0 saturated carbocycles. The predicted octanol–water partition coefficient (Wildman–Crippen LogP) is 7.69. The summed E-state index contributed by atoms with van der Waals surface area (Å²) in [6.45, 7) is 6.46. The SMILES string of the molecule is COC1(c2ccccc2C)c2ccc(N3CCCC3)cc2Oc2cc(C)c(Nc3ccccc3)cc21. The maximum absolute atomic E-state index is 6.65. The molecule has 4 heteroatoms. The Labute approximate surface area is 213 Å². The first-order chi connectivity index (χ1) is 17.6. The van der Waals surface area contributed by atoms with Crippen molar-refractivity contribution in [2.45, 2.75) is 32.3 Å². The lowest BCUT2D eigenvalue weighted by molar-refractivity contribution is 0.0494. The smallest absolute Gasteiger partial charge is 0.150 e. The Hall–Kier alpha value is -3.76. The van der Waals surface area contributed by atoms with Gasteiger partial charge in [0.1, 0.15) is 11.5 Å². The van der Waals surface area contributed by atoms with Crippen molar-refractivity contribution < 1.29 is 9.47 Å². The molecule has 0 radical (unpaired) electrons. The first-order valence-electron chi connectivity index (χ1n) is 12.8. The van der Waals surface area contributed by atoms with E-state index in [1.807, 2.05) is 25.3 Å². The van der Waals surface area contributed by atoms with Crippen LogP contribution in [-0.2, 0) is 10.3 Å². The molecule has 0 aliphatic carbocycles. The van der Waals surface area contributed by atoms with Gasteiger partial charge in [-0.05, 0) is 79.8 Å². The van der Waals surface area contributed by atoms with Crippen molar-refractivity contribution in [2.75, 3.05) is 30.4 Å². The molecule has 2 aliphatic heterocycles. The van der Waals surface area contributed by atoms with Crippen molar-refractivity contribution in [1.82, 2.24) is 0 Å². The van der Waals surface area contributed by atoms with Gasteiger partial charge in [-0.2, -0.15) is 0 Å². The minimum absolute atomic E-state index is 0.793. The number of hydrogen-bond donors (Lipinski definition) is 1. The molecule has 1 fully saturated rings. The van der Waals surface area contributed by atoms with E-state index in [2.05, 4.69) is 90.8 Å². The van der Waals surface area contributed by atoms with E-state index in [9.17, 15) is 0 Å². The van der Waals surface area contributed by atoms with E-state index in [4.69, 9.17) is 9.47 Å². The van der Waals surface area contributed by atoms with E-state index in [1.54, 1.807) is 0 Å². The largest absolute Gasteiger partial charge is 0.456 e. The molecular formula is C32H32N2O2. The second kappa shape index (κ2) is 9.03. The monoisotopic (exact) mass is 476 g/mol. The summed E-state index contributed by atoms with van der Waals surface area (Å²) < 4.78 is 13.2. The molecule has 6 rings (SSSR count). The van der Waals surface area contributed by atoms with Gasteiger partial charge in [0, 0.05) is 54.5 Å². The van der Waals surface area contributed by atoms with Crippen LogP contribution in [0.2, 0.25) is 0 Å². The normalized spacial score (nSPS) is 18.4. The molecule has 0 spiro atoms. The summed E-state index contributed by atoms with van der Waals surface area (Å²) >= 11 is 0. The second-order valence-corrected chi connectivity index (χ2v) is 9.83. The molecule has 0 bridgehead atoms. The van der Waals surface area contributed by atoms with Crippen LogP contribution in [0.25, 0.3) is 0 Å². The van der Waals surface area contributed by atoms with Gasteiger partial charge in [0.2, 0.25) is 0 Å². The second-order valence-electron chi connectivity index (χ2n) is 9.83. The Morgan fingerprint density at radius 2 is 1.47 bits per heavy atom. The van der Waals surface area contributed by atoms with E-state index < -0.39 is 5.60 Å². The molecule has 1 N–H and O–H groups in total. The molecule has 4 aromatic carbocycles. The molecule has 2 aliphatic rings. The van der Waals surface area contributed by atoms with E-state index in [-0.39, 0.29) is 0 Å². The molecule has 4 aromatic rings. The molecule has 1 saturated heterocycles. The van der Waals surface area contributed by atoms with Crippen molar-refractivity contribution in [2.24, 2.45) is 0 Å². The van der Waals surface area contributed by atoms with E-state index in [1.165, 1.54) is 24.1 Å². The fourth-order valence-corrected chi connectivity index (χ4v) is 5.76. The molecule has 36 heavy (non-hydrogen) atoms. The number of anilines is 3. The predicted molar refractivity (Wildman–Crippen MR) is 147 cm³/mol. The summed E-state index contributed by atoms with van der Waals surface area (Å²) in [6, 6.07) is 29.7. The average molecular weight is 477 g/mol. The van der Waals surface area contributed by atoms with Crippen molar-refractivity contribution in [3.8, 4) is 11.5 Å². The van der Waals surface area contributed by atoms with Crippen LogP contribution in [-0.4, -0.2) is 20.2 Å². The molecule has 2 heterocycles. The molecule has 0 amide bonds. The lowest BCUT2D eigenvalue weighted by Gasteiger charge is -2.41. The number of ether oxygens (including phenoxy) is 2. The van der Waals surface area contributed by atoms with Gasteiger partial charge in [-0.3, -0.25) is 0 Å². The van der Waals surface area contributed by atoms with E-state index in [0.717, 1.165) is 58.2 Å². The zero-order valence-electron chi connectivity index (χ0n) is 21.2. The first kappa shape index (κ1) is 22.7. The van der Waals surface area contributed by atoms with Crippen LogP contribution >= 0.6 is 0 Å². The fourth-order valence-electron chi connectivity index (χ4n) is 5.76. The maximum Gasteiger partial charge on any atom is 0.150 e. The van der Waals surface area contributed by atoms with Crippen LogP contribution in [0.5, 0.6) is 11.5 Å². The van der Waals surface area contributed by atoms with Crippen LogP contribution < -0.4 is 15.0 Å². The van der Waals surface area contributed by atoms with Gasteiger partial charge in [0.05, 0.1) is 0 Å². The number of fused-ring (bicyclic) bond motifs is 2. The Bertz CT molecular complexity index is 1410. The van der Waals surface area contributed by atoms with Gasteiger partial charge in [0.25, 0.3) is 0 Å². The molecule has 4 nitrogen and oxygen atoms in total. The van der Waals surface area contributed by atoms with Gasteiger partial charge < -0.3 is 19.7 Å². The lowest BCUT2D eigenvalue weighted by atomic mass is 9.75. The summed E-state index contributed by atoms with van der Waals surface area (Å²) in [6.07, 6.45) is 2.48. The molecule has 182 valence electrons. The number of aryl methyl sites for hydroxylation is 2. The fraction of sp³-hybridized carbons (Fsp3) is 0.250. The summed E-state index contributed by atoms with van der Waals surface area (Å²) in [5.41, 5.74) is 7.96. The highest BCUT2D eigenvalue weighted by Gasteiger charge is 2.45. The zero-order chi connectivity index (χ0) is 24.7. The Morgan fingerprint density at radius 1 is 0.750 bits per heavy atom. The summed E-state index contributed by atoms with van der Waals surface area (Å²) in [5.74, 6) is 1.70. The summed E-state index contributed by atoms with van der Waals surface area (Å²) in [7, 11) is 1.81. The Kier molecular flexibility index (Phi) is 5.69. The Balaban J connectivity index is 1.56. The third kappa shape index (κ3) is 3.64. The molecular weight excluding hydrogens is 444 g/mol. The van der Waals surface area contributed by atoms with Crippen molar-refractivity contribution in [1.29, 1.82) is 0 Å². The van der Waals surface area contributed by atoms with Gasteiger partial charge in [-0.25, -0.2) is 0 Å². The number of rotatable bonds is 5.